The molecule has 4 aromatic rings. The third-order valence-corrected chi connectivity index (χ3v) is 9.14. The molecule has 2 heterocycles. The fourth-order valence-corrected chi connectivity index (χ4v) is 6.53. The van der Waals surface area contributed by atoms with Gasteiger partial charge in [0.25, 0.3) is 10.0 Å². The number of benzene rings is 2. The Bertz CT molecular complexity index is 1770. The minimum atomic E-state index is -4.08. The Morgan fingerprint density at radius 3 is 2.24 bits per heavy atom. The van der Waals surface area contributed by atoms with Crippen molar-refractivity contribution in [3.8, 4) is 0 Å². The van der Waals surface area contributed by atoms with Crippen LogP contribution in [-0.2, 0) is 37.8 Å². The summed E-state index contributed by atoms with van der Waals surface area (Å²) >= 11 is 0. The van der Waals surface area contributed by atoms with Crippen LogP contribution in [0.1, 0.15) is 62.0 Å². The molecule has 0 spiro atoms. The van der Waals surface area contributed by atoms with E-state index in [4.69, 9.17) is 4.74 Å². The van der Waals surface area contributed by atoms with Gasteiger partial charge in [0, 0.05) is 6.20 Å². The molecular weight excluding hydrogens is 604 g/mol. The lowest BCUT2D eigenvalue weighted by Gasteiger charge is -2.26. The van der Waals surface area contributed by atoms with Crippen molar-refractivity contribution in [2.45, 2.75) is 68.5 Å². The highest BCUT2D eigenvalue weighted by molar-refractivity contribution is 7.89. The summed E-state index contributed by atoms with van der Waals surface area (Å²) < 4.78 is 35.0. The number of aromatic nitrogens is 2. The topological polar surface area (TPSA) is 139 Å². The minimum Gasteiger partial charge on any atom is -0.480 e. The third-order valence-electron chi connectivity index (χ3n) is 7.75. The van der Waals surface area contributed by atoms with Gasteiger partial charge in [0.1, 0.15) is 18.0 Å². The summed E-state index contributed by atoms with van der Waals surface area (Å²) in [6, 6.07) is 27.1. The molecule has 11 heteroatoms. The predicted octanol–water partition coefficient (Wildman–Crippen LogP) is 5.84. The zero-order chi connectivity index (χ0) is 33.0. The maximum atomic E-state index is 13.4. The monoisotopic (exact) mass is 642 g/mol. The number of ether oxygens (including phenoxy) is 1. The van der Waals surface area contributed by atoms with Crippen LogP contribution in [0, 0.1) is 0 Å². The molecule has 0 aliphatic heterocycles. The Hall–Kier alpha value is -4.61. The molecule has 240 valence electrons. The van der Waals surface area contributed by atoms with Crippen LogP contribution in [-0.4, -0.2) is 47.7 Å². The average Bonchev–Trinajstić information content (AvgIpc) is 3.80. The number of anilines is 1. The van der Waals surface area contributed by atoms with Gasteiger partial charge in [0.15, 0.2) is 5.03 Å². The fourth-order valence-electron chi connectivity index (χ4n) is 5.37. The molecule has 1 unspecified atom stereocenters. The molecule has 2 N–H and O–H groups in total. The summed E-state index contributed by atoms with van der Waals surface area (Å²) in [6.07, 6.45) is 3.92. The number of carbonyl (C=O) groups excluding carboxylic acids is 1. The highest BCUT2D eigenvalue weighted by Gasteiger charge is 2.44. The van der Waals surface area contributed by atoms with E-state index < -0.39 is 40.3 Å². The molecule has 2 aromatic heterocycles. The minimum absolute atomic E-state index is 0.0168. The number of hydrogen-bond acceptors (Lipinski definition) is 7. The van der Waals surface area contributed by atoms with Gasteiger partial charge in [-0.15, -0.1) is 0 Å². The number of carboxylic acids is 1. The summed E-state index contributed by atoms with van der Waals surface area (Å²) in [6.45, 7) is 4.33. The van der Waals surface area contributed by atoms with Crippen molar-refractivity contribution in [3.63, 3.8) is 0 Å². The Morgan fingerprint density at radius 2 is 1.63 bits per heavy atom. The van der Waals surface area contributed by atoms with Crippen molar-refractivity contribution < 1.29 is 27.9 Å². The highest BCUT2D eigenvalue weighted by atomic mass is 32.2. The van der Waals surface area contributed by atoms with E-state index in [0.29, 0.717) is 5.69 Å². The predicted molar refractivity (Wildman–Crippen MR) is 174 cm³/mol. The van der Waals surface area contributed by atoms with E-state index >= 15 is 0 Å². The van der Waals surface area contributed by atoms with Crippen molar-refractivity contribution in [1.82, 2.24) is 14.7 Å². The SMILES string of the molecule is CC(C)(C)OC(=O)N(CC(=O)O)c1cccc(C(Cc2ccc(C3(Cc4ccccc4)CC3)cc2)NS(=O)(=O)c2ccccn2)n1. The van der Waals surface area contributed by atoms with E-state index in [1.807, 2.05) is 18.2 Å². The van der Waals surface area contributed by atoms with Gasteiger partial charge in [-0.25, -0.2) is 27.9 Å². The van der Waals surface area contributed by atoms with Crippen LogP contribution in [0.3, 0.4) is 0 Å². The number of nitrogens with one attached hydrogen (secondary N) is 1. The molecule has 2 aromatic carbocycles. The maximum absolute atomic E-state index is 13.4. The van der Waals surface area contributed by atoms with Gasteiger partial charge in [0.2, 0.25) is 0 Å². The number of rotatable bonds is 12. The van der Waals surface area contributed by atoms with Crippen LogP contribution in [0.25, 0.3) is 0 Å². The molecule has 1 saturated carbocycles. The summed E-state index contributed by atoms with van der Waals surface area (Å²) in [5.41, 5.74) is 2.93. The largest absolute Gasteiger partial charge is 0.480 e. The lowest BCUT2D eigenvalue weighted by molar-refractivity contribution is -0.135. The lowest BCUT2D eigenvalue weighted by Crippen LogP contribution is -2.40. The molecule has 10 nitrogen and oxygen atoms in total. The Balaban J connectivity index is 1.45. The Kier molecular flexibility index (Phi) is 9.55. The molecule has 0 radical (unpaired) electrons. The van der Waals surface area contributed by atoms with Gasteiger partial charge in [-0.1, -0.05) is 66.7 Å². The Morgan fingerprint density at radius 1 is 0.935 bits per heavy atom. The standard InChI is InChI=1S/C35H38N4O6S/c1-34(2,3)45-33(42)39(24-32(40)41)30-13-9-12-28(37-30)29(38-46(43,44)31-14-7-8-21-36-31)22-25-15-17-27(18-16-25)35(19-20-35)23-26-10-5-4-6-11-26/h4-18,21,29,38H,19-20,22-24H2,1-3H3,(H,40,41). The molecule has 1 fully saturated rings. The zero-order valence-corrected chi connectivity index (χ0v) is 26.9. The first-order valence-corrected chi connectivity index (χ1v) is 16.6. The van der Waals surface area contributed by atoms with E-state index in [1.165, 1.54) is 29.5 Å². The molecule has 46 heavy (non-hydrogen) atoms. The first kappa shape index (κ1) is 32.8. The summed E-state index contributed by atoms with van der Waals surface area (Å²) in [5.74, 6) is -1.24. The average molecular weight is 643 g/mol. The summed E-state index contributed by atoms with van der Waals surface area (Å²) in [5, 5.41) is 9.39. The third kappa shape index (κ3) is 8.35. The van der Waals surface area contributed by atoms with E-state index in [-0.39, 0.29) is 22.7 Å². The van der Waals surface area contributed by atoms with Crippen LogP contribution < -0.4 is 9.62 Å². The highest BCUT2D eigenvalue weighted by Crippen LogP contribution is 2.50. The summed E-state index contributed by atoms with van der Waals surface area (Å²) in [4.78, 5) is 34.2. The van der Waals surface area contributed by atoms with E-state index in [0.717, 1.165) is 29.7 Å². The maximum Gasteiger partial charge on any atom is 0.416 e. The molecule has 0 bridgehead atoms. The lowest BCUT2D eigenvalue weighted by atomic mass is 9.88. The zero-order valence-electron chi connectivity index (χ0n) is 26.1. The second kappa shape index (κ2) is 13.4. The van der Waals surface area contributed by atoms with E-state index in [2.05, 4.69) is 51.1 Å². The second-order valence-corrected chi connectivity index (χ2v) is 14.2. The van der Waals surface area contributed by atoms with Crippen LogP contribution in [0.2, 0.25) is 0 Å². The van der Waals surface area contributed by atoms with Crippen LogP contribution in [0.15, 0.2) is 102 Å². The summed E-state index contributed by atoms with van der Waals surface area (Å²) in [7, 11) is -4.08. The number of carbonyl (C=O) groups is 2. The van der Waals surface area contributed by atoms with E-state index in [1.54, 1.807) is 45.0 Å². The first-order valence-electron chi connectivity index (χ1n) is 15.1. The quantitative estimate of drug-likeness (QED) is 0.197. The van der Waals surface area contributed by atoms with Crippen LogP contribution in [0.4, 0.5) is 10.6 Å². The number of nitrogens with zero attached hydrogens (tertiary/aromatic N) is 3. The van der Waals surface area contributed by atoms with Crippen molar-refractivity contribution >= 4 is 27.9 Å². The van der Waals surface area contributed by atoms with Crippen LogP contribution >= 0.6 is 0 Å². The molecule has 0 saturated heterocycles. The van der Waals surface area contributed by atoms with Gasteiger partial charge in [0.05, 0.1) is 11.7 Å². The fraction of sp³-hybridized carbons (Fsp3) is 0.314. The second-order valence-electron chi connectivity index (χ2n) is 12.6. The smallest absolute Gasteiger partial charge is 0.416 e. The first-order chi connectivity index (χ1) is 21.8. The van der Waals surface area contributed by atoms with Gasteiger partial charge >= 0.3 is 12.1 Å². The van der Waals surface area contributed by atoms with Crippen LogP contribution in [0.5, 0.6) is 0 Å². The van der Waals surface area contributed by atoms with Gasteiger partial charge < -0.3 is 9.84 Å². The number of carboxylic acid groups (broad SMARTS) is 1. The van der Waals surface area contributed by atoms with Crippen molar-refractivity contribution in [3.05, 3.63) is 120 Å². The molecule has 1 amide bonds. The number of pyridine rings is 2. The normalized spacial score (nSPS) is 14.7. The van der Waals surface area contributed by atoms with Crippen molar-refractivity contribution in [1.29, 1.82) is 0 Å². The van der Waals surface area contributed by atoms with E-state index in [9.17, 15) is 23.1 Å². The molecule has 1 aliphatic rings. The number of amides is 1. The molecule has 1 atom stereocenters. The van der Waals surface area contributed by atoms with Crippen molar-refractivity contribution in [2.75, 3.05) is 11.4 Å². The molecular formula is C35H38N4O6S. The number of aliphatic carboxylic acids is 1. The Labute approximate surface area is 269 Å². The number of hydrogen-bond donors (Lipinski definition) is 2. The molecule has 1 aliphatic carbocycles. The van der Waals surface area contributed by atoms with Crippen molar-refractivity contribution in [2.24, 2.45) is 0 Å². The van der Waals surface area contributed by atoms with Gasteiger partial charge in [-0.2, -0.15) is 0 Å². The molecule has 5 rings (SSSR count). The van der Waals surface area contributed by atoms with Gasteiger partial charge in [-0.3, -0.25) is 9.69 Å². The van der Waals surface area contributed by atoms with Gasteiger partial charge in [-0.05, 0) is 92.8 Å². The number of sulfonamides is 1.